The predicted octanol–water partition coefficient (Wildman–Crippen LogP) is 2.50. The highest BCUT2D eigenvalue weighted by Gasteiger charge is 2.10. The zero-order chi connectivity index (χ0) is 10.1. The third-order valence-electron chi connectivity index (χ3n) is 1.87. The molecule has 0 bridgehead atoms. The first-order valence-electron chi connectivity index (χ1n) is 4.12. The zero-order valence-corrected chi connectivity index (χ0v) is 8.34. The first-order valence-corrected chi connectivity index (χ1v) is 4.94. The lowest BCUT2D eigenvalue weighted by Gasteiger charge is -2.00. The van der Waals surface area contributed by atoms with Crippen LogP contribution in [0.3, 0.4) is 0 Å². The number of rotatable bonds is 1. The second kappa shape index (κ2) is 3.38. The van der Waals surface area contributed by atoms with Gasteiger partial charge in [0.05, 0.1) is 0 Å². The number of aryl methyl sites for hydroxylation is 1. The summed E-state index contributed by atoms with van der Waals surface area (Å²) >= 11 is 1.52. The van der Waals surface area contributed by atoms with Gasteiger partial charge >= 0.3 is 0 Å². The highest BCUT2D eigenvalue weighted by Crippen LogP contribution is 2.24. The lowest BCUT2D eigenvalue weighted by atomic mass is 10.3. The topological polar surface area (TPSA) is 26.9 Å². The van der Waals surface area contributed by atoms with Crippen molar-refractivity contribution in [3.8, 4) is 10.6 Å². The van der Waals surface area contributed by atoms with Crippen LogP contribution in [0.15, 0.2) is 30.5 Å². The standard InChI is InChI=1S/C10H8FNOS/c1-7-2-5-10(14-7)9-4-3-8(11)6-12(9)13/h2-6H,1H3. The van der Waals surface area contributed by atoms with Crippen LogP contribution in [0.25, 0.3) is 10.6 Å². The molecule has 0 unspecified atom stereocenters. The molecule has 0 atom stereocenters. The summed E-state index contributed by atoms with van der Waals surface area (Å²) in [5.41, 5.74) is 0.490. The molecule has 2 aromatic rings. The van der Waals surface area contributed by atoms with Crippen molar-refractivity contribution in [2.45, 2.75) is 6.92 Å². The van der Waals surface area contributed by atoms with Crippen molar-refractivity contribution >= 4 is 11.3 Å². The van der Waals surface area contributed by atoms with Crippen LogP contribution in [0.1, 0.15) is 4.88 Å². The molecule has 0 amide bonds. The molecule has 0 aliphatic rings. The Morgan fingerprint density at radius 1 is 1.29 bits per heavy atom. The molecule has 72 valence electrons. The van der Waals surface area contributed by atoms with E-state index in [1.807, 2.05) is 19.1 Å². The van der Waals surface area contributed by atoms with Gasteiger partial charge in [-0.05, 0) is 25.1 Å². The summed E-state index contributed by atoms with van der Waals surface area (Å²) in [5.74, 6) is -0.517. The molecule has 0 aromatic carbocycles. The minimum absolute atomic E-state index is 0.490. The van der Waals surface area contributed by atoms with Crippen LogP contribution in [0.5, 0.6) is 0 Å². The molecule has 0 saturated carbocycles. The molecular formula is C10H8FNOS. The average Bonchev–Trinajstić information content (AvgIpc) is 2.51. The first-order chi connectivity index (χ1) is 6.66. The zero-order valence-electron chi connectivity index (χ0n) is 7.53. The fourth-order valence-electron chi connectivity index (χ4n) is 1.22. The molecule has 0 aliphatic carbocycles. The first kappa shape index (κ1) is 9.15. The van der Waals surface area contributed by atoms with Gasteiger partial charge in [0.1, 0.15) is 4.88 Å². The van der Waals surface area contributed by atoms with Gasteiger partial charge in [0.25, 0.3) is 0 Å². The molecule has 14 heavy (non-hydrogen) atoms. The van der Waals surface area contributed by atoms with E-state index in [-0.39, 0.29) is 0 Å². The quantitative estimate of drug-likeness (QED) is 0.523. The number of halogens is 1. The van der Waals surface area contributed by atoms with Gasteiger partial charge < -0.3 is 5.21 Å². The number of thiophene rings is 1. The van der Waals surface area contributed by atoms with Gasteiger partial charge in [-0.1, -0.05) is 0 Å². The molecule has 0 radical (unpaired) electrons. The summed E-state index contributed by atoms with van der Waals surface area (Å²) < 4.78 is 13.2. The summed E-state index contributed by atoms with van der Waals surface area (Å²) in [6.07, 6.45) is 0.935. The summed E-state index contributed by atoms with van der Waals surface area (Å²) in [5, 5.41) is 11.3. The van der Waals surface area contributed by atoms with Crippen LogP contribution in [0.4, 0.5) is 4.39 Å². The lowest BCUT2D eigenvalue weighted by Crippen LogP contribution is -2.28. The second-order valence-corrected chi connectivity index (χ2v) is 4.26. The normalized spacial score (nSPS) is 10.4. The third-order valence-corrected chi connectivity index (χ3v) is 2.89. The lowest BCUT2D eigenvalue weighted by molar-refractivity contribution is -0.595. The molecular weight excluding hydrogens is 201 g/mol. The van der Waals surface area contributed by atoms with Crippen LogP contribution >= 0.6 is 11.3 Å². The van der Waals surface area contributed by atoms with E-state index in [0.717, 1.165) is 16.0 Å². The molecule has 2 rings (SSSR count). The fraction of sp³-hybridized carbons (Fsp3) is 0.100. The number of hydrogen-bond donors (Lipinski definition) is 0. The smallest absolute Gasteiger partial charge is 0.234 e. The Morgan fingerprint density at radius 2 is 2.07 bits per heavy atom. The minimum Gasteiger partial charge on any atom is -0.618 e. The summed E-state index contributed by atoms with van der Waals surface area (Å²) in [7, 11) is 0. The summed E-state index contributed by atoms with van der Waals surface area (Å²) in [4.78, 5) is 1.99. The highest BCUT2D eigenvalue weighted by molar-refractivity contribution is 7.15. The van der Waals surface area contributed by atoms with Crippen molar-refractivity contribution < 1.29 is 9.12 Å². The van der Waals surface area contributed by atoms with Crippen molar-refractivity contribution in [2.24, 2.45) is 0 Å². The van der Waals surface area contributed by atoms with Gasteiger partial charge in [-0.2, -0.15) is 4.73 Å². The molecule has 2 heterocycles. The van der Waals surface area contributed by atoms with E-state index < -0.39 is 5.82 Å². The number of aromatic nitrogens is 1. The third kappa shape index (κ3) is 1.61. The van der Waals surface area contributed by atoms with Gasteiger partial charge in [-0.3, -0.25) is 0 Å². The van der Waals surface area contributed by atoms with Gasteiger partial charge in [-0.15, -0.1) is 11.3 Å². The molecule has 2 nitrogen and oxygen atoms in total. The van der Waals surface area contributed by atoms with Crippen LogP contribution in [0.2, 0.25) is 0 Å². The van der Waals surface area contributed by atoms with Crippen LogP contribution < -0.4 is 4.73 Å². The Labute approximate surface area is 84.8 Å². The van der Waals surface area contributed by atoms with Crippen LogP contribution in [-0.2, 0) is 0 Å². The van der Waals surface area contributed by atoms with E-state index in [0.29, 0.717) is 10.4 Å². The number of nitrogens with zero attached hydrogens (tertiary/aromatic N) is 1. The minimum atomic E-state index is -0.517. The highest BCUT2D eigenvalue weighted by atomic mass is 32.1. The van der Waals surface area contributed by atoms with E-state index in [4.69, 9.17) is 0 Å². The maximum Gasteiger partial charge on any atom is 0.234 e. The Hall–Kier alpha value is -1.42. The Kier molecular flexibility index (Phi) is 2.21. The SMILES string of the molecule is Cc1ccc(-c2ccc(F)c[n+]2[O-])s1. The van der Waals surface area contributed by atoms with Crippen molar-refractivity contribution in [2.75, 3.05) is 0 Å². The number of pyridine rings is 1. The molecule has 0 saturated heterocycles. The molecule has 0 fully saturated rings. The molecule has 0 aliphatic heterocycles. The average molecular weight is 209 g/mol. The van der Waals surface area contributed by atoms with E-state index in [2.05, 4.69) is 0 Å². The Bertz CT molecular complexity index is 467. The maximum absolute atomic E-state index is 12.7. The summed E-state index contributed by atoms with van der Waals surface area (Å²) in [6, 6.07) is 6.58. The Morgan fingerprint density at radius 3 is 2.64 bits per heavy atom. The van der Waals surface area contributed by atoms with Crippen LogP contribution in [0, 0.1) is 17.9 Å². The second-order valence-electron chi connectivity index (χ2n) is 2.97. The predicted molar refractivity (Wildman–Crippen MR) is 53.4 cm³/mol. The monoisotopic (exact) mass is 209 g/mol. The largest absolute Gasteiger partial charge is 0.618 e. The van der Waals surface area contributed by atoms with Gasteiger partial charge in [-0.25, -0.2) is 4.39 Å². The van der Waals surface area contributed by atoms with Crippen molar-refractivity contribution in [3.63, 3.8) is 0 Å². The van der Waals surface area contributed by atoms with Crippen molar-refractivity contribution in [1.82, 2.24) is 0 Å². The number of hydrogen-bond acceptors (Lipinski definition) is 2. The van der Waals surface area contributed by atoms with Gasteiger partial charge in [0, 0.05) is 10.9 Å². The maximum atomic E-state index is 12.7. The fourth-order valence-corrected chi connectivity index (χ4v) is 2.10. The molecule has 4 heteroatoms. The Balaban J connectivity index is 2.52. The van der Waals surface area contributed by atoms with E-state index in [1.54, 1.807) is 0 Å². The van der Waals surface area contributed by atoms with E-state index in [1.165, 1.54) is 23.5 Å². The van der Waals surface area contributed by atoms with Crippen molar-refractivity contribution in [1.29, 1.82) is 0 Å². The van der Waals surface area contributed by atoms with Crippen molar-refractivity contribution in [3.05, 3.63) is 46.4 Å². The van der Waals surface area contributed by atoms with Crippen LogP contribution in [-0.4, -0.2) is 0 Å². The van der Waals surface area contributed by atoms with E-state index in [9.17, 15) is 9.60 Å². The molecule has 0 N–H and O–H groups in total. The van der Waals surface area contributed by atoms with Gasteiger partial charge in [0.15, 0.2) is 5.82 Å². The van der Waals surface area contributed by atoms with E-state index >= 15 is 0 Å². The summed E-state index contributed by atoms with van der Waals surface area (Å²) in [6.45, 7) is 1.97. The molecule has 2 aromatic heterocycles. The van der Waals surface area contributed by atoms with Gasteiger partial charge in [0.2, 0.25) is 11.9 Å². The molecule has 0 spiro atoms.